The summed E-state index contributed by atoms with van der Waals surface area (Å²) in [6.45, 7) is 6.56. The predicted octanol–water partition coefficient (Wildman–Crippen LogP) is 1.27. The topological polar surface area (TPSA) is 81.3 Å². The van der Waals surface area contributed by atoms with Crippen LogP contribution in [0.4, 0.5) is 4.79 Å². The van der Waals surface area contributed by atoms with Gasteiger partial charge in [-0.3, -0.25) is 0 Å². The number of amides is 1. The average molecular weight is 264 g/mol. The third kappa shape index (κ3) is 3.20. The lowest BCUT2D eigenvalue weighted by atomic mass is 9.93. The van der Waals surface area contributed by atoms with Crippen molar-refractivity contribution in [1.82, 2.24) is 14.9 Å². The van der Waals surface area contributed by atoms with Crippen molar-refractivity contribution >= 4 is 6.09 Å². The van der Waals surface area contributed by atoms with Gasteiger partial charge in [0.15, 0.2) is 0 Å². The number of carbonyl (C=O) groups excluding carboxylic acids is 1. The lowest BCUT2D eigenvalue weighted by Gasteiger charge is -2.27. The van der Waals surface area contributed by atoms with Gasteiger partial charge in [0.05, 0.1) is 5.54 Å². The zero-order valence-electron chi connectivity index (χ0n) is 11.6. The maximum Gasteiger partial charge on any atom is 0.410 e. The quantitative estimate of drug-likeness (QED) is 0.826. The van der Waals surface area contributed by atoms with Crippen molar-refractivity contribution in [3.05, 3.63) is 24.3 Å². The average Bonchev–Trinajstić information content (AvgIpc) is 2.73. The van der Waals surface area contributed by atoms with Gasteiger partial charge in [0.1, 0.15) is 11.9 Å². The number of ether oxygens (including phenoxy) is 1. The van der Waals surface area contributed by atoms with Crippen LogP contribution in [-0.4, -0.2) is 39.7 Å². The molecule has 1 fully saturated rings. The van der Waals surface area contributed by atoms with Crippen molar-refractivity contribution < 1.29 is 9.53 Å². The largest absolute Gasteiger partial charge is 0.444 e. The lowest BCUT2D eigenvalue weighted by molar-refractivity contribution is 0.0284. The Labute approximate surface area is 113 Å². The summed E-state index contributed by atoms with van der Waals surface area (Å²) in [4.78, 5) is 21.6. The highest BCUT2D eigenvalue weighted by molar-refractivity contribution is 5.68. The Morgan fingerprint density at radius 3 is 2.63 bits per heavy atom. The molecule has 6 nitrogen and oxygen atoms in total. The predicted molar refractivity (Wildman–Crippen MR) is 70.3 cm³/mol. The van der Waals surface area contributed by atoms with Crippen LogP contribution in [0.1, 0.15) is 32.8 Å². The molecule has 0 bridgehead atoms. The van der Waals surface area contributed by atoms with Gasteiger partial charge < -0.3 is 15.4 Å². The van der Waals surface area contributed by atoms with Crippen molar-refractivity contribution in [2.75, 3.05) is 13.1 Å². The minimum absolute atomic E-state index is 0.323. The Kier molecular flexibility index (Phi) is 3.45. The summed E-state index contributed by atoms with van der Waals surface area (Å²) < 4.78 is 5.35. The van der Waals surface area contributed by atoms with Crippen LogP contribution in [-0.2, 0) is 10.3 Å². The monoisotopic (exact) mass is 264 g/mol. The van der Waals surface area contributed by atoms with Gasteiger partial charge >= 0.3 is 6.09 Å². The smallest absolute Gasteiger partial charge is 0.410 e. The van der Waals surface area contributed by atoms with Crippen LogP contribution in [0.2, 0.25) is 0 Å². The van der Waals surface area contributed by atoms with Crippen LogP contribution in [0, 0.1) is 0 Å². The number of nitrogens with zero attached hydrogens (tertiary/aromatic N) is 3. The van der Waals surface area contributed by atoms with E-state index in [1.54, 1.807) is 17.3 Å². The summed E-state index contributed by atoms with van der Waals surface area (Å²) in [7, 11) is 0. The minimum Gasteiger partial charge on any atom is -0.444 e. The molecule has 2 heterocycles. The molecule has 19 heavy (non-hydrogen) atoms. The second-order valence-electron chi connectivity index (χ2n) is 5.94. The van der Waals surface area contributed by atoms with Crippen LogP contribution in [0.3, 0.4) is 0 Å². The summed E-state index contributed by atoms with van der Waals surface area (Å²) in [5.74, 6) is 0. The molecule has 0 saturated carbocycles. The van der Waals surface area contributed by atoms with Gasteiger partial charge in [-0.05, 0) is 27.2 Å². The standard InChI is InChI=1S/C13H20N4O2/c1-12(2,3)19-11(18)17-5-4-13(14,8-17)10-6-15-9-16-7-10/h6-7,9H,4-5,8,14H2,1-3H3. The fourth-order valence-corrected chi connectivity index (χ4v) is 2.11. The minimum atomic E-state index is -0.585. The van der Waals surface area contributed by atoms with Crippen LogP contribution in [0.25, 0.3) is 0 Å². The molecule has 0 radical (unpaired) electrons. The molecule has 1 aromatic rings. The fourth-order valence-electron chi connectivity index (χ4n) is 2.11. The SMILES string of the molecule is CC(C)(C)OC(=O)N1CCC(N)(c2cncnc2)C1. The third-order valence-electron chi connectivity index (χ3n) is 3.09. The first kappa shape index (κ1) is 13.7. The molecule has 2 N–H and O–H groups in total. The van der Waals surface area contributed by atoms with Crippen molar-refractivity contribution in [3.63, 3.8) is 0 Å². The Morgan fingerprint density at radius 1 is 1.42 bits per heavy atom. The number of carbonyl (C=O) groups is 1. The van der Waals surface area contributed by atoms with Crippen LogP contribution in [0.5, 0.6) is 0 Å². The summed E-state index contributed by atoms with van der Waals surface area (Å²) in [5.41, 5.74) is 6.11. The molecule has 6 heteroatoms. The van der Waals surface area contributed by atoms with E-state index in [1.165, 1.54) is 6.33 Å². The van der Waals surface area contributed by atoms with E-state index in [0.29, 0.717) is 19.5 Å². The molecule has 1 unspecified atom stereocenters. The highest BCUT2D eigenvalue weighted by atomic mass is 16.6. The first-order chi connectivity index (χ1) is 8.80. The molecular weight excluding hydrogens is 244 g/mol. The summed E-state index contributed by atoms with van der Waals surface area (Å²) in [6.07, 6.45) is 5.22. The zero-order valence-corrected chi connectivity index (χ0v) is 11.6. The molecule has 0 aromatic carbocycles. The van der Waals surface area contributed by atoms with Gasteiger partial charge in [0, 0.05) is 31.0 Å². The number of likely N-dealkylation sites (tertiary alicyclic amines) is 1. The van der Waals surface area contributed by atoms with Crippen LogP contribution < -0.4 is 5.73 Å². The van der Waals surface area contributed by atoms with E-state index in [4.69, 9.17) is 10.5 Å². The summed E-state index contributed by atoms with van der Waals surface area (Å²) >= 11 is 0. The van der Waals surface area contributed by atoms with Crippen LogP contribution >= 0.6 is 0 Å². The van der Waals surface area contributed by atoms with Gasteiger partial charge in [-0.25, -0.2) is 14.8 Å². The maximum atomic E-state index is 12.0. The first-order valence-electron chi connectivity index (χ1n) is 6.32. The van der Waals surface area contributed by atoms with E-state index in [2.05, 4.69) is 9.97 Å². The van der Waals surface area contributed by atoms with Crippen molar-refractivity contribution in [2.45, 2.75) is 38.3 Å². The molecule has 1 aliphatic heterocycles. The van der Waals surface area contributed by atoms with E-state index in [-0.39, 0.29) is 6.09 Å². The van der Waals surface area contributed by atoms with E-state index >= 15 is 0 Å². The second-order valence-corrected chi connectivity index (χ2v) is 5.94. The highest BCUT2D eigenvalue weighted by Gasteiger charge is 2.39. The third-order valence-corrected chi connectivity index (χ3v) is 3.09. The van der Waals surface area contributed by atoms with Gasteiger partial charge in [-0.2, -0.15) is 0 Å². The number of aromatic nitrogens is 2. The van der Waals surface area contributed by atoms with E-state index in [1.807, 2.05) is 20.8 Å². The van der Waals surface area contributed by atoms with Crippen molar-refractivity contribution in [2.24, 2.45) is 5.73 Å². The van der Waals surface area contributed by atoms with E-state index in [0.717, 1.165) is 5.56 Å². The molecule has 0 aliphatic carbocycles. The highest BCUT2D eigenvalue weighted by Crippen LogP contribution is 2.29. The molecule has 1 saturated heterocycles. The maximum absolute atomic E-state index is 12.0. The Bertz CT molecular complexity index is 457. The van der Waals surface area contributed by atoms with Crippen molar-refractivity contribution in [1.29, 1.82) is 0 Å². The first-order valence-corrected chi connectivity index (χ1v) is 6.32. The fraction of sp³-hybridized carbons (Fsp3) is 0.615. The summed E-state index contributed by atoms with van der Waals surface area (Å²) in [5, 5.41) is 0. The molecule has 1 aromatic heterocycles. The number of hydrogen-bond donors (Lipinski definition) is 1. The zero-order chi connectivity index (χ0) is 14.1. The van der Waals surface area contributed by atoms with Crippen molar-refractivity contribution in [3.8, 4) is 0 Å². The number of nitrogens with two attached hydrogens (primary N) is 1. The van der Waals surface area contributed by atoms with E-state index in [9.17, 15) is 4.79 Å². The molecular formula is C13H20N4O2. The van der Waals surface area contributed by atoms with Crippen LogP contribution in [0.15, 0.2) is 18.7 Å². The second kappa shape index (κ2) is 4.77. The van der Waals surface area contributed by atoms with Gasteiger partial charge in [0.25, 0.3) is 0 Å². The Balaban J connectivity index is 2.06. The van der Waals surface area contributed by atoms with Gasteiger partial charge in [0.2, 0.25) is 0 Å². The summed E-state index contributed by atoms with van der Waals surface area (Å²) in [6, 6.07) is 0. The molecule has 1 atom stereocenters. The van der Waals surface area contributed by atoms with Gasteiger partial charge in [-0.1, -0.05) is 0 Å². The number of hydrogen-bond acceptors (Lipinski definition) is 5. The molecule has 0 spiro atoms. The lowest BCUT2D eigenvalue weighted by Crippen LogP contribution is -2.42. The molecule has 1 amide bonds. The van der Waals surface area contributed by atoms with E-state index < -0.39 is 11.1 Å². The number of rotatable bonds is 1. The molecule has 104 valence electrons. The molecule has 1 aliphatic rings. The Hall–Kier alpha value is -1.69. The molecule has 2 rings (SSSR count). The normalized spacial score (nSPS) is 23.5. The Morgan fingerprint density at radius 2 is 2.05 bits per heavy atom. The van der Waals surface area contributed by atoms with Gasteiger partial charge in [-0.15, -0.1) is 0 Å².